The fourth-order valence-corrected chi connectivity index (χ4v) is 4.66. The molecule has 0 radical (unpaired) electrons. The van der Waals surface area contributed by atoms with Gasteiger partial charge in [-0.2, -0.15) is 0 Å². The number of nitrogens with two attached hydrogens (primary N) is 1. The molecule has 37 heavy (non-hydrogen) atoms. The van der Waals surface area contributed by atoms with E-state index in [1.807, 2.05) is 0 Å². The Hall–Kier alpha value is -3.52. The van der Waals surface area contributed by atoms with Gasteiger partial charge in [-0.05, 0) is 39.5 Å². The molecule has 14 heteroatoms. The molecule has 1 aromatic rings. The number of aliphatic hydroxyl groups is 1. The third-order valence-electron chi connectivity index (χ3n) is 6.80. The van der Waals surface area contributed by atoms with Crippen LogP contribution in [0.25, 0.3) is 0 Å². The van der Waals surface area contributed by atoms with E-state index in [-0.39, 0.29) is 13.0 Å². The number of carboxylic acids is 1. The van der Waals surface area contributed by atoms with Crippen LogP contribution in [-0.2, 0) is 30.4 Å². The molecule has 1 aromatic heterocycles. The van der Waals surface area contributed by atoms with Crippen LogP contribution in [-0.4, -0.2) is 109 Å². The Morgan fingerprint density at radius 2 is 1.62 bits per heavy atom. The number of aliphatic hydroxyl groups excluding tert-OH is 1. The minimum Gasteiger partial charge on any atom is -0.480 e. The Bertz CT molecular complexity index is 1000. The van der Waals surface area contributed by atoms with Crippen molar-refractivity contribution >= 4 is 29.6 Å². The number of hydrogen-bond donors (Lipinski definition) is 6. The summed E-state index contributed by atoms with van der Waals surface area (Å²) in [6.07, 6.45) is 3.76. The van der Waals surface area contributed by atoms with E-state index in [4.69, 9.17) is 10.8 Å². The molecule has 2 fully saturated rings. The molecular weight excluding hydrogens is 486 g/mol. The third kappa shape index (κ3) is 6.63. The molecule has 6 atom stereocenters. The van der Waals surface area contributed by atoms with E-state index in [2.05, 4.69) is 20.6 Å². The standard InChI is InChI=1S/C23H35N7O7/c1-12(23(36)37)27-19(32)16-5-3-7-29(16)21(34)15(9-14-10-25-11-26-14)28-20(33)17-6-4-8-30(17)22(35)18(24)13(2)31/h10-13,15-18,31H,3-9,24H2,1-2H3,(H,25,26)(H,27,32)(H,28,33)(H,36,37)/t12-,13+,15-,16-,17-,18-/m0/s1. The van der Waals surface area contributed by atoms with Gasteiger partial charge in [0.2, 0.25) is 23.6 Å². The maximum Gasteiger partial charge on any atom is 0.325 e. The van der Waals surface area contributed by atoms with Crippen molar-refractivity contribution in [1.29, 1.82) is 0 Å². The van der Waals surface area contributed by atoms with Crippen LogP contribution in [0.1, 0.15) is 45.2 Å². The first-order valence-corrected chi connectivity index (χ1v) is 12.4. The number of carbonyl (C=O) groups excluding carboxylic acids is 4. The fourth-order valence-electron chi connectivity index (χ4n) is 4.66. The zero-order chi connectivity index (χ0) is 27.3. The van der Waals surface area contributed by atoms with Crippen molar-refractivity contribution < 1.29 is 34.2 Å². The first kappa shape index (κ1) is 28.1. The molecule has 0 aromatic carbocycles. The van der Waals surface area contributed by atoms with Crippen LogP contribution in [0.15, 0.2) is 12.5 Å². The number of likely N-dealkylation sites (tertiary alicyclic amines) is 2. The van der Waals surface area contributed by atoms with Crippen molar-refractivity contribution in [2.24, 2.45) is 5.73 Å². The number of amides is 4. The lowest BCUT2D eigenvalue weighted by atomic mass is 10.1. The molecule has 3 heterocycles. The molecular formula is C23H35N7O7. The Kier molecular flexibility index (Phi) is 9.21. The third-order valence-corrected chi connectivity index (χ3v) is 6.80. The van der Waals surface area contributed by atoms with Crippen LogP contribution < -0.4 is 16.4 Å². The van der Waals surface area contributed by atoms with Gasteiger partial charge in [0.1, 0.15) is 30.2 Å². The highest BCUT2D eigenvalue weighted by atomic mass is 16.4. The number of rotatable bonds is 10. The summed E-state index contributed by atoms with van der Waals surface area (Å²) in [6.45, 7) is 3.30. The second-order valence-corrected chi connectivity index (χ2v) is 9.56. The number of nitrogens with zero attached hydrogens (tertiary/aromatic N) is 3. The highest BCUT2D eigenvalue weighted by Crippen LogP contribution is 2.22. The summed E-state index contributed by atoms with van der Waals surface area (Å²) in [5.74, 6) is -3.36. The monoisotopic (exact) mass is 521 g/mol. The van der Waals surface area contributed by atoms with E-state index in [0.717, 1.165) is 0 Å². The molecule has 2 saturated heterocycles. The fraction of sp³-hybridized carbons (Fsp3) is 0.652. The molecule has 2 aliphatic rings. The minimum atomic E-state index is -1.19. The van der Waals surface area contributed by atoms with E-state index in [1.165, 1.54) is 36.2 Å². The lowest BCUT2D eigenvalue weighted by Gasteiger charge is -2.31. The number of aromatic nitrogens is 2. The molecule has 3 rings (SSSR count). The topological polar surface area (TPSA) is 211 Å². The SMILES string of the molecule is C[C@H](NC(=O)[C@@H]1CCCN1C(=O)[C@H](Cc1cnc[nH]1)NC(=O)[C@@H]1CCCN1C(=O)[C@@H](N)[C@@H](C)O)C(=O)O. The van der Waals surface area contributed by atoms with Crippen molar-refractivity contribution in [1.82, 2.24) is 30.4 Å². The number of aromatic amines is 1. The second kappa shape index (κ2) is 12.1. The van der Waals surface area contributed by atoms with Gasteiger partial charge in [-0.3, -0.25) is 24.0 Å². The van der Waals surface area contributed by atoms with Gasteiger partial charge in [0.05, 0.1) is 12.4 Å². The summed E-state index contributed by atoms with van der Waals surface area (Å²) < 4.78 is 0. The van der Waals surface area contributed by atoms with Gasteiger partial charge in [-0.1, -0.05) is 0 Å². The molecule has 0 bridgehead atoms. The van der Waals surface area contributed by atoms with Crippen molar-refractivity contribution in [2.45, 2.75) is 82.3 Å². The summed E-state index contributed by atoms with van der Waals surface area (Å²) in [5.41, 5.74) is 6.38. The molecule has 14 nitrogen and oxygen atoms in total. The van der Waals surface area contributed by atoms with E-state index in [0.29, 0.717) is 37.9 Å². The van der Waals surface area contributed by atoms with Gasteiger partial charge in [0.15, 0.2) is 0 Å². The molecule has 4 amide bonds. The summed E-state index contributed by atoms with van der Waals surface area (Å²) in [4.78, 5) is 73.0. The lowest BCUT2D eigenvalue weighted by molar-refractivity contribution is -0.145. The number of hydrogen-bond acceptors (Lipinski definition) is 8. The maximum absolute atomic E-state index is 13.6. The number of carbonyl (C=O) groups is 5. The minimum absolute atomic E-state index is 0.0643. The first-order chi connectivity index (χ1) is 17.5. The molecule has 0 spiro atoms. The average Bonchev–Trinajstić information content (AvgIpc) is 3.63. The largest absolute Gasteiger partial charge is 0.480 e. The number of carboxylic acid groups (broad SMARTS) is 1. The summed E-state index contributed by atoms with van der Waals surface area (Å²) in [7, 11) is 0. The Morgan fingerprint density at radius 1 is 1.05 bits per heavy atom. The molecule has 7 N–H and O–H groups in total. The van der Waals surface area contributed by atoms with Crippen molar-refractivity contribution in [3.63, 3.8) is 0 Å². The maximum atomic E-state index is 13.6. The highest BCUT2D eigenvalue weighted by molar-refractivity contribution is 5.96. The average molecular weight is 522 g/mol. The van der Waals surface area contributed by atoms with Gasteiger partial charge in [0, 0.05) is 31.4 Å². The number of nitrogens with one attached hydrogen (secondary N) is 3. The summed E-state index contributed by atoms with van der Waals surface area (Å²) >= 11 is 0. The molecule has 0 aliphatic carbocycles. The van der Waals surface area contributed by atoms with E-state index < -0.39 is 65.9 Å². The zero-order valence-electron chi connectivity index (χ0n) is 20.9. The smallest absolute Gasteiger partial charge is 0.325 e. The van der Waals surface area contributed by atoms with Gasteiger partial charge in [0.25, 0.3) is 0 Å². The normalized spacial score (nSPS) is 22.7. The summed E-state index contributed by atoms with van der Waals surface area (Å²) in [5, 5.41) is 24.0. The zero-order valence-corrected chi connectivity index (χ0v) is 20.9. The van der Waals surface area contributed by atoms with Gasteiger partial charge in [-0.25, -0.2) is 4.98 Å². The quantitative estimate of drug-likeness (QED) is 0.195. The Morgan fingerprint density at radius 3 is 2.14 bits per heavy atom. The molecule has 0 saturated carbocycles. The number of aliphatic carboxylic acids is 1. The van der Waals surface area contributed by atoms with E-state index >= 15 is 0 Å². The van der Waals surface area contributed by atoms with Gasteiger partial charge < -0.3 is 41.4 Å². The number of imidazole rings is 1. The highest BCUT2D eigenvalue weighted by Gasteiger charge is 2.41. The van der Waals surface area contributed by atoms with Crippen LogP contribution in [0.4, 0.5) is 0 Å². The van der Waals surface area contributed by atoms with Gasteiger partial charge >= 0.3 is 5.97 Å². The van der Waals surface area contributed by atoms with Crippen molar-refractivity contribution in [3.05, 3.63) is 18.2 Å². The van der Waals surface area contributed by atoms with Crippen LogP contribution in [0.5, 0.6) is 0 Å². The van der Waals surface area contributed by atoms with Crippen molar-refractivity contribution in [3.8, 4) is 0 Å². The van der Waals surface area contributed by atoms with Crippen molar-refractivity contribution in [2.75, 3.05) is 13.1 Å². The first-order valence-electron chi connectivity index (χ1n) is 12.4. The Balaban J connectivity index is 1.77. The lowest BCUT2D eigenvalue weighted by Crippen LogP contribution is -2.59. The number of H-pyrrole nitrogens is 1. The molecule has 0 unspecified atom stereocenters. The van der Waals surface area contributed by atoms with E-state index in [9.17, 15) is 29.1 Å². The van der Waals surface area contributed by atoms with E-state index in [1.54, 1.807) is 0 Å². The summed E-state index contributed by atoms with van der Waals surface area (Å²) in [6, 6.07) is -5.09. The van der Waals surface area contributed by atoms with Crippen LogP contribution in [0.3, 0.4) is 0 Å². The van der Waals surface area contributed by atoms with Gasteiger partial charge in [-0.15, -0.1) is 0 Å². The second-order valence-electron chi connectivity index (χ2n) is 9.56. The molecule has 204 valence electrons. The Labute approximate surface area is 214 Å². The predicted molar refractivity (Wildman–Crippen MR) is 129 cm³/mol. The van der Waals surface area contributed by atoms with Crippen LogP contribution >= 0.6 is 0 Å². The predicted octanol–water partition coefficient (Wildman–Crippen LogP) is -2.28. The van der Waals surface area contributed by atoms with Crippen LogP contribution in [0.2, 0.25) is 0 Å². The molecule has 2 aliphatic heterocycles. The van der Waals surface area contributed by atoms with Crippen LogP contribution in [0, 0.1) is 0 Å².